The summed E-state index contributed by atoms with van der Waals surface area (Å²) in [5, 5.41) is 8.86. The van der Waals surface area contributed by atoms with Gasteiger partial charge in [0.2, 0.25) is 0 Å². The fourth-order valence-electron chi connectivity index (χ4n) is 2.61. The second-order valence-corrected chi connectivity index (χ2v) is 5.97. The number of morpholine rings is 1. The van der Waals surface area contributed by atoms with E-state index in [0.717, 1.165) is 44.0 Å². The normalized spacial score (nSPS) is 13.8. The number of carboxylic acid groups (broad SMARTS) is 1. The maximum Gasteiger partial charge on any atom is 0.335 e. The van der Waals surface area contributed by atoms with Crippen LogP contribution in [0.25, 0.3) is 0 Å². The summed E-state index contributed by atoms with van der Waals surface area (Å²) in [7, 11) is 0. The zero-order valence-corrected chi connectivity index (χ0v) is 14.4. The molecule has 130 valence electrons. The van der Waals surface area contributed by atoms with E-state index in [0.29, 0.717) is 0 Å². The van der Waals surface area contributed by atoms with Crippen LogP contribution in [0.1, 0.15) is 27.0 Å². The molecule has 3 rings (SSSR count). The van der Waals surface area contributed by atoms with Crippen LogP contribution >= 0.6 is 0 Å². The highest BCUT2D eigenvalue weighted by Gasteiger charge is 2.10. The Hall–Kier alpha value is -3.05. The first kappa shape index (κ1) is 17.8. The van der Waals surface area contributed by atoms with Crippen LogP contribution in [0.2, 0.25) is 0 Å². The molecular weight excluding hydrogens is 326 g/mol. The zero-order valence-electron chi connectivity index (χ0n) is 14.4. The molecule has 26 heavy (non-hydrogen) atoms. The largest absolute Gasteiger partial charge is 0.478 e. The van der Waals surface area contributed by atoms with Crippen LogP contribution in [0.15, 0.2) is 48.5 Å². The van der Waals surface area contributed by atoms with Crippen LogP contribution < -0.4 is 0 Å². The van der Waals surface area contributed by atoms with Gasteiger partial charge in [0.15, 0.2) is 0 Å². The summed E-state index contributed by atoms with van der Waals surface area (Å²) in [5.41, 5.74) is 3.18. The fourth-order valence-corrected chi connectivity index (χ4v) is 2.61. The van der Waals surface area contributed by atoms with Crippen molar-refractivity contribution in [3.05, 3.63) is 70.8 Å². The van der Waals surface area contributed by atoms with E-state index in [2.05, 4.69) is 40.7 Å². The number of hydrogen-bond donors (Lipinski definition) is 1. The monoisotopic (exact) mass is 345 g/mol. The molecule has 2 aromatic rings. The Balaban J connectivity index is 1.57. The number of benzene rings is 2. The van der Waals surface area contributed by atoms with E-state index in [4.69, 9.17) is 9.84 Å². The highest BCUT2D eigenvalue weighted by molar-refractivity contribution is 5.87. The Morgan fingerprint density at radius 3 is 2.00 bits per heavy atom. The van der Waals surface area contributed by atoms with Crippen LogP contribution in [-0.2, 0) is 11.3 Å². The molecule has 2 aromatic carbocycles. The average molecular weight is 345 g/mol. The lowest BCUT2D eigenvalue weighted by Crippen LogP contribution is -2.35. The van der Waals surface area contributed by atoms with E-state index in [1.165, 1.54) is 17.7 Å². The molecule has 0 unspecified atom stereocenters. The van der Waals surface area contributed by atoms with Crippen molar-refractivity contribution in [2.45, 2.75) is 6.54 Å². The fraction of sp³-hybridized carbons (Fsp3) is 0.227. The Labute approximate surface area is 153 Å². The van der Waals surface area contributed by atoms with Gasteiger partial charge in [0, 0.05) is 30.8 Å². The van der Waals surface area contributed by atoms with Gasteiger partial charge in [0.05, 0.1) is 18.8 Å². The summed E-state index contributed by atoms with van der Waals surface area (Å²) >= 11 is 0. The van der Waals surface area contributed by atoms with Gasteiger partial charge in [-0.15, -0.1) is 0 Å². The highest BCUT2D eigenvalue weighted by Crippen LogP contribution is 2.08. The minimum atomic E-state index is -0.943. The van der Waals surface area contributed by atoms with E-state index in [-0.39, 0.29) is 5.56 Å². The van der Waals surface area contributed by atoms with Crippen molar-refractivity contribution < 1.29 is 14.6 Å². The number of carbonyl (C=O) groups is 1. The Kier molecular flexibility index (Phi) is 6.06. The van der Waals surface area contributed by atoms with Crippen LogP contribution in [0.4, 0.5) is 0 Å². The molecule has 0 atom stereocenters. The predicted octanol–water partition coefficient (Wildman–Crippen LogP) is 2.62. The number of carboxylic acids is 1. The second-order valence-electron chi connectivity index (χ2n) is 5.97. The van der Waals surface area contributed by atoms with Crippen molar-refractivity contribution in [2.75, 3.05) is 26.3 Å². The van der Waals surface area contributed by atoms with Crippen LogP contribution in [0.3, 0.4) is 0 Å². The standard InChI is InChI=1S/C22H19NO3/c24-22(25)21-11-9-19(10-12-21)4-2-1-3-18-5-7-20(8-6-18)17-23-13-15-26-16-14-23/h5-12H,13-17H2,(H,24,25). The smallest absolute Gasteiger partial charge is 0.335 e. The molecule has 0 aliphatic carbocycles. The third-order valence-corrected chi connectivity index (χ3v) is 4.07. The molecule has 4 heteroatoms. The summed E-state index contributed by atoms with van der Waals surface area (Å²) in [4.78, 5) is 13.2. The van der Waals surface area contributed by atoms with Gasteiger partial charge in [0.1, 0.15) is 0 Å². The number of hydrogen-bond acceptors (Lipinski definition) is 3. The van der Waals surface area contributed by atoms with Crippen molar-refractivity contribution in [3.63, 3.8) is 0 Å². The van der Waals surface area contributed by atoms with Gasteiger partial charge >= 0.3 is 5.97 Å². The number of ether oxygens (including phenoxy) is 1. The summed E-state index contributed by atoms with van der Waals surface area (Å²) in [6.07, 6.45) is 0. The van der Waals surface area contributed by atoms with Crippen molar-refractivity contribution >= 4 is 5.97 Å². The highest BCUT2D eigenvalue weighted by atomic mass is 16.5. The molecule has 4 nitrogen and oxygen atoms in total. The van der Waals surface area contributed by atoms with Crippen LogP contribution in [-0.4, -0.2) is 42.3 Å². The maximum atomic E-state index is 10.8. The Morgan fingerprint density at radius 2 is 1.46 bits per heavy atom. The molecule has 1 aliphatic rings. The summed E-state index contributed by atoms with van der Waals surface area (Å²) in [6.45, 7) is 4.50. The summed E-state index contributed by atoms with van der Waals surface area (Å²) in [6, 6.07) is 14.6. The van der Waals surface area contributed by atoms with E-state index in [1.807, 2.05) is 12.1 Å². The third-order valence-electron chi connectivity index (χ3n) is 4.07. The van der Waals surface area contributed by atoms with Gasteiger partial charge in [0.25, 0.3) is 0 Å². The van der Waals surface area contributed by atoms with Gasteiger partial charge in [-0.1, -0.05) is 24.0 Å². The van der Waals surface area contributed by atoms with E-state index >= 15 is 0 Å². The van der Waals surface area contributed by atoms with Crippen molar-refractivity contribution in [1.82, 2.24) is 4.90 Å². The van der Waals surface area contributed by atoms with E-state index in [1.54, 1.807) is 12.1 Å². The van der Waals surface area contributed by atoms with Gasteiger partial charge < -0.3 is 9.84 Å². The minimum Gasteiger partial charge on any atom is -0.478 e. The molecule has 1 heterocycles. The molecule has 0 aromatic heterocycles. The first-order valence-corrected chi connectivity index (χ1v) is 8.45. The molecule has 1 saturated heterocycles. The number of aromatic carboxylic acids is 1. The van der Waals surface area contributed by atoms with Gasteiger partial charge in [-0.3, -0.25) is 4.90 Å². The maximum absolute atomic E-state index is 10.8. The molecule has 1 fully saturated rings. The Morgan fingerprint density at radius 1 is 0.923 bits per heavy atom. The minimum absolute atomic E-state index is 0.249. The molecule has 0 spiro atoms. The molecule has 1 aliphatic heterocycles. The van der Waals surface area contributed by atoms with Crippen molar-refractivity contribution in [2.24, 2.45) is 0 Å². The van der Waals surface area contributed by atoms with Gasteiger partial charge in [-0.25, -0.2) is 4.79 Å². The Bertz CT molecular complexity index is 871. The molecule has 0 bridgehead atoms. The summed E-state index contributed by atoms with van der Waals surface area (Å²) in [5.74, 6) is 10.6. The lowest BCUT2D eigenvalue weighted by atomic mass is 10.1. The van der Waals surface area contributed by atoms with Crippen LogP contribution in [0, 0.1) is 23.7 Å². The third kappa shape index (κ3) is 5.22. The zero-order chi connectivity index (χ0) is 18.2. The van der Waals surface area contributed by atoms with Gasteiger partial charge in [-0.05, 0) is 53.8 Å². The van der Waals surface area contributed by atoms with Crippen molar-refractivity contribution in [3.8, 4) is 23.7 Å². The van der Waals surface area contributed by atoms with Gasteiger partial charge in [-0.2, -0.15) is 0 Å². The quantitative estimate of drug-likeness (QED) is 0.869. The van der Waals surface area contributed by atoms with E-state index in [9.17, 15) is 4.79 Å². The molecular formula is C22H19NO3. The first-order valence-electron chi connectivity index (χ1n) is 8.45. The topological polar surface area (TPSA) is 49.8 Å². The summed E-state index contributed by atoms with van der Waals surface area (Å²) < 4.78 is 5.36. The number of nitrogens with zero attached hydrogens (tertiary/aromatic N) is 1. The predicted molar refractivity (Wildman–Crippen MR) is 99.7 cm³/mol. The number of rotatable bonds is 3. The first-order chi connectivity index (χ1) is 12.7. The SMILES string of the molecule is O=C(O)c1ccc(C#CC#Cc2ccc(CN3CCOCC3)cc2)cc1. The lowest BCUT2D eigenvalue weighted by molar-refractivity contribution is 0.0342. The van der Waals surface area contributed by atoms with Crippen LogP contribution in [0.5, 0.6) is 0 Å². The molecule has 1 N–H and O–H groups in total. The van der Waals surface area contributed by atoms with Crippen molar-refractivity contribution in [1.29, 1.82) is 0 Å². The average Bonchev–Trinajstić information content (AvgIpc) is 2.68. The lowest BCUT2D eigenvalue weighted by Gasteiger charge is -2.26. The van der Waals surface area contributed by atoms with E-state index < -0.39 is 5.97 Å². The molecule has 0 amide bonds. The molecule has 0 saturated carbocycles. The molecule has 0 radical (unpaired) electrons. The second kappa shape index (κ2) is 8.87.